The third-order valence-corrected chi connectivity index (χ3v) is 6.45. The fourth-order valence-electron chi connectivity index (χ4n) is 4.38. The summed E-state index contributed by atoms with van der Waals surface area (Å²) >= 11 is 6.41. The van der Waals surface area contributed by atoms with E-state index in [0.29, 0.717) is 46.8 Å². The van der Waals surface area contributed by atoms with Crippen LogP contribution < -0.4 is 10.6 Å². The number of amides is 1. The van der Waals surface area contributed by atoms with Gasteiger partial charge >= 0.3 is 0 Å². The number of halogens is 2. The fourth-order valence-corrected chi connectivity index (χ4v) is 4.64. The average Bonchev–Trinajstić information content (AvgIpc) is 2.86. The minimum Gasteiger partial charge on any atom is -0.378 e. The van der Waals surface area contributed by atoms with Gasteiger partial charge in [-0.15, -0.1) is 0 Å². The predicted molar refractivity (Wildman–Crippen MR) is 131 cm³/mol. The average molecular weight is 493 g/mol. The second-order valence-electron chi connectivity index (χ2n) is 8.24. The van der Waals surface area contributed by atoms with Crippen molar-refractivity contribution in [1.82, 2.24) is 19.9 Å². The van der Waals surface area contributed by atoms with E-state index >= 15 is 4.39 Å². The van der Waals surface area contributed by atoms with Gasteiger partial charge in [-0.25, -0.2) is 14.4 Å². The van der Waals surface area contributed by atoms with Gasteiger partial charge in [-0.2, -0.15) is 0 Å². The van der Waals surface area contributed by atoms with Gasteiger partial charge in [0.2, 0.25) is 5.91 Å². The number of aromatic nitrogens is 4. The minimum atomic E-state index is -1.00. The fraction of sp³-hybridized carbons (Fsp3) is 0.240. The number of benzene rings is 2. The molecular weight excluding hydrogens is 471 g/mol. The maximum atomic E-state index is 15.2. The molecule has 10 heteroatoms. The molecule has 1 amide bonds. The molecule has 8 nitrogen and oxygen atoms in total. The Balaban J connectivity index is 1.63. The van der Waals surface area contributed by atoms with Crippen LogP contribution in [0.25, 0.3) is 22.2 Å². The number of primary amides is 1. The Hall–Kier alpha value is -3.69. The van der Waals surface area contributed by atoms with E-state index in [1.165, 1.54) is 30.9 Å². The molecule has 2 N–H and O–H groups in total. The lowest BCUT2D eigenvalue weighted by Crippen LogP contribution is -2.36. The maximum Gasteiger partial charge on any atom is 0.231 e. The van der Waals surface area contributed by atoms with Crippen LogP contribution >= 0.6 is 11.6 Å². The number of nitrogens with zero attached hydrogens (tertiary/aromatic N) is 5. The molecule has 1 saturated heterocycles. The number of anilines is 1. The third-order valence-electron chi connectivity index (χ3n) is 6.13. The number of nitrogens with two attached hydrogens (primary N) is 1. The van der Waals surface area contributed by atoms with Gasteiger partial charge in [0, 0.05) is 47.1 Å². The van der Waals surface area contributed by atoms with E-state index in [9.17, 15) is 4.79 Å². The summed E-state index contributed by atoms with van der Waals surface area (Å²) in [5.74, 6) is -2.25. The monoisotopic (exact) mass is 492 g/mol. The smallest absolute Gasteiger partial charge is 0.231 e. The Morgan fingerprint density at radius 1 is 1.11 bits per heavy atom. The standard InChI is InChI=1S/C25H22ClFN6O2/c1-14-23(30-5-4-29-14)22(25(28)34)17-11-18(20(27)12-19(17)26)24-16-3-2-15(10-21(16)31-13-32-24)33-6-8-35-9-7-33/h2-5,10-13,22H,6-9H2,1H3,(H2,28,34). The number of morpholine rings is 1. The van der Waals surface area contributed by atoms with Crippen LogP contribution in [0.1, 0.15) is 22.9 Å². The number of fused-ring (bicyclic) bond motifs is 1. The summed E-state index contributed by atoms with van der Waals surface area (Å²) in [5.41, 5.74) is 9.22. The first kappa shape index (κ1) is 23.1. The molecule has 5 rings (SSSR count). The van der Waals surface area contributed by atoms with E-state index in [1.807, 2.05) is 18.2 Å². The van der Waals surface area contributed by atoms with Crippen LogP contribution in [0.15, 0.2) is 49.1 Å². The highest BCUT2D eigenvalue weighted by atomic mass is 35.5. The van der Waals surface area contributed by atoms with Crippen molar-refractivity contribution in [2.24, 2.45) is 5.73 Å². The Morgan fingerprint density at radius 2 is 1.89 bits per heavy atom. The van der Waals surface area contributed by atoms with Gasteiger partial charge in [-0.1, -0.05) is 11.6 Å². The van der Waals surface area contributed by atoms with Crippen LogP contribution in [0, 0.1) is 12.7 Å². The Morgan fingerprint density at radius 3 is 2.63 bits per heavy atom. The van der Waals surface area contributed by atoms with E-state index in [1.54, 1.807) is 6.92 Å². The summed E-state index contributed by atoms with van der Waals surface area (Å²) < 4.78 is 20.7. The summed E-state index contributed by atoms with van der Waals surface area (Å²) in [6.45, 7) is 4.63. The predicted octanol–water partition coefficient (Wildman–Crippen LogP) is 3.64. The zero-order valence-corrected chi connectivity index (χ0v) is 19.7. The van der Waals surface area contributed by atoms with Crippen molar-refractivity contribution < 1.29 is 13.9 Å². The van der Waals surface area contributed by atoms with Gasteiger partial charge in [0.05, 0.1) is 35.8 Å². The lowest BCUT2D eigenvalue weighted by atomic mass is 9.91. The minimum absolute atomic E-state index is 0.0630. The molecule has 1 atom stereocenters. The number of carbonyl (C=O) groups excluding carboxylic acids is 1. The molecule has 35 heavy (non-hydrogen) atoms. The van der Waals surface area contributed by atoms with Crippen molar-refractivity contribution in [2.75, 3.05) is 31.2 Å². The Kier molecular flexibility index (Phi) is 6.27. The Labute approximate surface area is 205 Å². The molecule has 1 aliphatic rings. The van der Waals surface area contributed by atoms with Crippen LogP contribution in [0.3, 0.4) is 0 Å². The van der Waals surface area contributed by atoms with Gasteiger partial charge in [0.1, 0.15) is 18.1 Å². The molecule has 2 aromatic carbocycles. The number of aryl methyl sites for hydroxylation is 1. The summed E-state index contributed by atoms with van der Waals surface area (Å²) in [6.07, 6.45) is 4.39. The molecule has 3 heterocycles. The highest BCUT2D eigenvalue weighted by molar-refractivity contribution is 6.32. The largest absolute Gasteiger partial charge is 0.378 e. The zero-order valence-electron chi connectivity index (χ0n) is 18.9. The summed E-state index contributed by atoms with van der Waals surface area (Å²) in [7, 11) is 0. The topological polar surface area (TPSA) is 107 Å². The second-order valence-corrected chi connectivity index (χ2v) is 8.65. The molecule has 0 aliphatic carbocycles. The molecule has 4 aromatic rings. The van der Waals surface area contributed by atoms with E-state index in [0.717, 1.165) is 18.8 Å². The quantitative estimate of drug-likeness (QED) is 0.453. The highest BCUT2D eigenvalue weighted by Gasteiger charge is 2.28. The van der Waals surface area contributed by atoms with Crippen LogP contribution in [0.2, 0.25) is 5.02 Å². The van der Waals surface area contributed by atoms with Crippen molar-refractivity contribution in [1.29, 1.82) is 0 Å². The molecule has 1 aliphatic heterocycles. The maximum absolute atomic E-state index is 15.2. The number of ether oxygens (including phenoxy) is 1. The molecule has 2 aromatic heterocycles. The summed E-state index contributed by atoms with van der Waals surface area (Å²) in [4.78, 5) is 32.0. The highest BCUT2D eigenvalue weighted by Crippen LogP contribution is 2.37. The normalized spacial score (nSPS) is 14.8. The first-order valence-corrected chi connectivity index (χ1v) is 11.5. The van der Waals surface area contributed by atoms with Crippen molar-refractivity contribution in [3.05, 3.63) is 76.8 Å². The molecule has 1 fully saturated rings. The van der Waals surface area contributed by atoms with Crippen molar-refractivity contribution in [3.8, 4) is 11.3 Å². The van der Waals surface area contributed by atoms with Gasteiger partial charge < -0.3 is 15.4 Å². The summed E-state index contributed by atoms with van der Waals surface area (Å²) in [6, 6.07) is 8.48. The van der Waals surface area contributed by atoms with Gasteiger partial charge in [0.25, 0.3) is 0 Å². The first-order chi connectivity index (χ1) is 16.9. The van der Waals surface area contributed by atoms with Crippen LogP contribution in [-0.4, -0.2) is 52.1 Å². The van der Waals surface area contributed by atoms with Gasteiger partial charge in [-0.05, 0) is 42.8 Å². The van der Waals surface area contributed by atoms with Crippen molar-refractivity contribution >= 4 is 34.1 Å². The van der Waals surface area contributed by atoms with Crippen molar-refractivity contribution in [2.45, 2.75) is 12.8 Å². The van der Waals surface area contributed by atoms with Crippen LogP contribution in [0.4, 0.5) is 10.1 Å². The van der Waals surface area contributed by atoms with E-state index in [4.69, 9.17) is 22.1 Å². The molecule has 178 valence electrons. The van der Waals surface area contributed by atoms with Gasteiger partial charge in [0.15, 0.2) is 0 Å². The third kappa shape index (κ3) is 4.40. The van der Waals surface area contributed by atoms with Crippen molar-refractivity contribution in [3.63, 3.8) is 0 Å². The van der Waals surface area contributed by atoms with E-state index in [-0.39, 0.29) is 10.6 Å². The van der Waals surface area contributed by atoms with Crippen LogP contribution in [0.5, 0.6) is 0 Å². The molecule has 0 saturated carbocycles. The molecular formula is C25H22ClFN6O2. The zero-order chi connectivity index (χ0) is 24.5. The molecule has 0 radical (unpaired) electrons. The number of hydrogen-bond donors (Lipinski definition) is 1. The molecule has 0 bridgehead atoms. The van der Waals surface area contributed by atoms with E-state index in [2.05, 4.69) is 24.8 Å². The second kappa shape index (κ2) is 9.52. The number of rotatable bonds is 5. The summed E-state index contributed by atoms with van der Waals surface area (Å²) in [5, 5.41) is 0.732. The van der Waals surface area contributed by atoms with E-state index < -0.39 is 17.6 Å². The number of carbonyl (C=O) groups is 1. The molecule has 1 unspecified atom stereocenters. The number of hydrogen-bond acceptors (Lipinski definition) is 7. The van der Waals surface area contributed by atoms with Crippen LogP contribution in [-0.2, 0) is 9.53 Å². The lowest BCUT2D eigenvalue weighted by molar-refractivity contribution is -0.118. The first-order valence-electron chi connectivity index (χ1n) is 11.1. The van der Waals surface area contributed by atoms with Gasteiger partial charge in [-0.3, -0.25) is 14.8 Å². The molecule has 0 spiro atoms. The SMILES string of the molecule is Cc1nccnc1C(C(N)=O)c1cc(-c2ncnc3cc(N4CCOCC4)ccc23)c(F)cc1Cl. The Bertz CT molecular complexity index is 1430. The lowest BCUT2D eigenvalue weighted by Gasteiger charge is -2.29.